The Balaban J connectivity index is 3.91. The van der Waals surface area contributed by atoms with Gasteiger partial charge in [-0.2, -0.15) is 0 Å². The maximum Gasteiger partial charge on any atom is 0.330 e. The van der Waals surface area contributed by atoms with Gasteiger partial charge >= 0.3 is 5.97 Å². The van der Waals surface area contributed by atoms with Crippen molar-refractivity contribution in [3.63, 3.8) is 0 Å². The molecule has 0 amide bonds. The van der Waals surface area contributed by atoms with Crippen LogP contribution in [0.1, 0.15) is 73.6 Å². The van der Waals surface area contributed by atoms with Gasteiger partial charge < -0.3 is 9.47 Å². The third kappa shape index (κ3) is 13.1. The van der Waals surface area contributed by atoms with Crippen molar-refractivity contribution in [2.45, 2.75) is 79.2 Å². The van der Waals surface area contributed by atoms with E-state index in [0.29, 0.717) is 12.5 Å². The molecule has 0 aromatic heterocycles. The minimum Gasteiger partial charge on any atom is -0.463 e. The Morgan fingerprint density at radius 3 is 2.48 bits per heavy atom. The Morgan fingerprint density at radius 2 is 1.87 bits per heavy atom. The fourth-order valence-electron chi connectivity index (χ4n) is 2.55. The lowest BCUT2D eigenvalue weighted by molar-refractivity contribution is -0.137. The highest BCUT2D eigenvalue weighted by Gasteiger charge is 2.17. The molecule has 0 aliphatic heterocycles. The van der Waals surface area contributed by atoms with Gasteiger partial charge in [0.1, 0.15) is 0 Å². The minimum absolute atomic E-state index is 0.00335. The topological polar surface area (TPSA) is 35.5 Å². The summed E-state index contributed by atoms with van der Waals surface area (Å²) in [6.07, 6.45) is 11.5. The van der Waals surface area contributed by atoms with Crippen LogP contribution in [0.2, 0.25) is 0 Å². The van der Waals surface area contributed by atoms with Gasteiger partial charge in [-0.3, -0.25) is 0 Å². The lowest BCUT2D eigenvalue weighted by Gasteiger charge is -2.25. The molecule has 0 N–H and O–H groups in total. The van der Waals surface area contributed by atoms with Crippen molar-refractivity contribution in [3.05, 3.63) is 23.8 Å². The number of hydrogen-bond acceptors (Lipinski definition) is 3. The predicted octanol–water partition coefficient (Wildman–Crippen LogP) is 5.45. The molecule has 0 aromatic rings. The van der Waals surface area contributed by atoms with Gasteiger partial charge in [-0.15, -0.1) is 0 Å². The second-order valence-electron chi connectivity index (χ2n) is 6.81. The Hall–Kier alpha value is -1.09. The number of rotatable bonds is 12. The van der Waals surface area contributed by atoms with Gasteiger partial charge in [0.25, 0.3) is 0 Å². The molecule has 0 aliphatic carbocycles. The first-order chi connectivity index (χ1) is 10.8. The highest BCUT2D eigenvalue weighted by molar-refractivity contribution is 5.83. The summed E-state index contributed by atoms with van der Waals surface area (Å²) in [7, 11) is 0. The van der Waals surface area contributed by atoms with Gasteiger partial charge in [0.05, 0.1) is 12.2 Å². The van der Waals surface area contributed by atoms with E-state index in [1.807, 2.05) is 19.9 Å². The molecule has 3 nitrogen and oxygen atoms in total. The summed E-state index contributed by atoms with van der Waals surface area (Å²) in [5.41, 5.74) is 0.943. The summed E-state index contributed by atoms with van der Waals surface area (Å²) < 4.78 is 10.6. The molecule has 0 spiro atoms. The standard InChI is InChI=1S/C20H36O3/c1-7-22-19(21)16-18(4)13-10-9-12-17(3)14-11-15-20(5,6)23-8-2/h10,13,16-17H,7-9,11-12,14-15H2,1-6H3. The van der Waals surface area contributed by atoms with Crippen LogP contribution in [0.25, 0.3) is 0 Å². The molecule has 0 aliphatic rings. The zero-order chi connectivity index (χ0) is 17.7. The van der Waals surface area contributed by atoms with Crippen LogP contribution in [0.4, 0.5) is 0 Å². The monoisotopic (exact) mass is 324 g/mol. The summed E-state index contributed by atoms with van der Waals surface area (Å²) in [4.78, 5) is 11.3. The molecule has 0 heterocycles. The fourth-order valence-corrected chi connectivity index (χ4v) is 2.55. The van der Waals surface area contributed by atoms with Crippen LogP contribution in [0.3, 0.4) is 0 Å². The molecule has 0 saturated carbocycles. The number of hydrogen-bond donors (Lipinski definition) is 0. The van der Waals surface area contributed by atoms with E-state index in [-0.39, 0.29) is 11.6 Å². The van der Waals surface area contributed by atoms with Gasteiger partial charge in [-0.05, 0) is 65.4 Å². The van der Waals surface area contributed by atoms with E-state index in [2.05, 4.69) is 33.8 Å². The summed E-state index contributed by atoms with van der Waals surface area (Å²) in [5.74, 6) is 0.450. The zero-order valence-electron chi connectivity index (χ0n) is 16.0. The first-order valence-electron chi connectivity index (χ1n) is 8.96. The third-order valence-electron chi connectivity index (χ3n) is 3.85. The molecule has 1 atom stereocenters. The van der Waals surface area contributed by atoms with Crippen LogP contribution in [0.5, 0.6) is 0 Å². The van der Waals surface area contributed by atoms with Crippen molar-refractivity contribution in [2.24, 2.45) is 5.92 Å². The van der Waals surface area contributed by atoms with Crippen molar-refractivity contribution in [1.82, 2.24) is 0 Å². The largest absolute Gasteiger partial charge is 0.463 e. The molecule has 0 saturated heterocycles. The molecule has 0 bridgehead atoms. The van der Waals surface area contributed by atoms with Crippen LogP contribution in [-0.4, -0.2) is 24.8 Å². The Kier molecular flexibility index (Phi) is 11.8. The van der Waals surface area contributed by atoms with E-state index in [9.17, 15) is 4.79 Å². The summed E-state index contributed by atoms with van der Waals surface area (Å²) in [5, 5.41) is 0. The van der Waals surface area contributed by atoms with Gasteiger partial charge in [-0.1, -0.05) is 31.9 Å². The average molecular weight is 325 g/mol. The molecule has 3 heteroatoms. The van der Waals surface area contributed by atoms with Gasteiger partial charge in [0, 0.05) is 12.7 Å². The molecule has 134 valence electrons. The first kappa shape index (κ1) is 21.9. The highest BCUT2D eigenvalue weighted by Crippen LogP contribution is 2.21. The quantitative estimate of drug-likeness (QED) is 0.272. The van der Waals surface area contributed by atoms with Crippen molar-refractivity contribution < 1.29 is 14.3 Å². The number of allylic oxidation sites excluding steroid dienone is 3. The van der Waals surface area contributed by atoms with Crippen molar-refractivity contribution in [1.29, 1.82) is 0 Å². The van der Waals surface area contributed by atoms with Gasteiger partial charge in [-0.25, -0.2) is 4.79 Å². The van der Waals surface area contributed by atoms with E-state index < -0.39 is 0 Å². The third-order valence-corrected chi connectivity index (χ3v) is 3.85. The molecule has 23 heavy (non-hydrogen) atoms. The lowest BCUT2D eigenvalue weighted by Crippen LogP contribution is -2.24. The van der Waals surface area contributed by atoms with Crippen LogP contribution in [0.15, 0.2) is 23.8 Å². The number of carbonyl (C=O) groups is 1. The second-order valence-corrected chi connectivity index (χ2v) is 6.81. The van der Waals surface area contributed by atoms with E-state index >= 15 is 0 Å². The number of ether oxygens (including phenoxy) is 2. The summed E-state index contributed by atoms with van der Waals surface area (Å²) in [6, 6.07) is 0. The molecule has 0 fully saturated rings. The second kappa shape index (κ2) is 12.3. The van der Waals surface area contributed by atoms with Crippen LogP contribution in [0, 0.1) is 5.92 Å². The molecular formula is C20H36O3. The van der Waals surface area contributed by atoms with E-state index in [0.717, 1.165) is 25.0 Å². The normalized spacial score (nSPS) is 14.3. The van der Waals surface area contributed by atoms with Gasteiger partial charge in [0.2, 0.25) is 0 Å². The maximum absolute atomic E-state index is 11.3. The van der Waals surface area contributed by atoms with Crippen molar-refractivity contribution >= 4 is 5.97 Å². The SMILES string of the molecule is CCOC(=O)C=C(C)C=CCCC(C)CCCC(C)(C)OCC. The lowest BCUT2D eigenvalue weighted by atomic mass is 9.94. The van der Waals surface area contributed by atoms with E-state index in [4.69, 9.17) is 9.47 Å². The Labute approximate surface area is 143 Å². The minimum atomic E-state index is -0.264. The molecular weight excluding hydrogens is 288 g/mol. The smallest absolute Gasteiger partial charge is 0.330 e. The average Bonchev–Trinajstić information content (AvgIpc) is 2.43. The van der Waals surface area contributed by atoms with Crippen molar-refractivity contribution in [3.8, 4) is 0 Å². The molecule has 1 unspecified atom stereocenters. The maximum atomic E-state index is 11.3. The van der Waals surface area contributed by atoms with E-state index in [1.54, 1.807) is 6.08 Å². The number of esters is 1. The Bertz CT molecular complexity index is 380. The number of carbonyl (C=O) groups excluding carboxylic acids is 1. The van der Waals surface area contributed by atoms with Crippen LogP contribution < -0.4 is 0 Å². The van der Waals surface area contributed by atoms with Gasteiger partial charge in [0.15, 0.2) is 0 Å². The molecule has 0 aromatic carbocycles. The molecule has 0 radical (unpaired) electrons. The summed E-state index contributed by atoms with van der Waals surface area (Å²) >= 11 is 0. The van der Waals surface area contributed by atoms with E-state index in [1.165, 1.54) is 19.3 Å². The van der Waals surface area contributed by atoms with Crippen LogP contribution >= 0.6 is 0 Å². The predicted molar refractivity (Wildman–Crippen MR) is 97.5 cm³/mol. The van der Waals surface area contributed by atoms with Crippen LogP contribution in [-0.2, 0) is 14.3 Å². The zero-order valence-corrected chi connectivity index (χ0v) is 16.0. The molecule has 0 rings (SSSR count). The summed E-state index contributed by atoms with van der Waals surface area (Å²) in [6.45, 7) is 13.6. The first-order valence-corrected chi connectivity index (χ1v) is 8.96. The van der Waals surface area contributed by atoms with Crippen molar-refractivity contribution in [2.75, 3.05) is 13.2 Å². The Morgan fingerprint density at radius 1 is 1.17 bits per heavy atom. The fraction of sp³-hybridized carbons (Fsp3) is 0.750. The highest BCUT2D eigenvalue weighted by atomic mass is 16.5.